The summed E-state index contributed by atoms with van der Waals surface area (Å²) in [6, 6.07) is 8.13. The van der Waals surface area contributed by atoms with Gasteiger partial charge in [0.15, 0.2) is 0 Å². The molecule has 1 N–H and O–H groups in total. The van der Waals surface area contributed by atoms with Gasteiger partial charge in [0.05, 0.1) is 6.10 Å². The molecule has 0 aliphatic heterocycles. The van der Waals surface area contributed by atoms with E-state index in [0.29, 0.717) is 0 Å². The van der Waals surface area contributed by atoms with Gasteiger partial charge >= 0.3 is 31.1 Å². The standard InChI is InChI=1S/C9H10O.C5H9NO.U/c10-9-6-5-7-3-1-2-4-8(7)9;1-5(2)6(3)4-7;/h1-4,9-10H,5-6H2;5H,1H2,2-3H3;/q;-2;+2/t;5-;/m.1./s1. The number of rotatable bonds is 2. The number of aliphatic hydroxyl groups is 1. The first-order valence-corrected chi connectivity index (χ1v) is 5.75. The number of aliphatic hydroxyl groups excluding tert-OH is 1. The Hall–Kier alpha value is -0.298. The number of benzene rings is 1. The van der Waals surface area contributed by atoms with Crippen LogP contribution in [0.25, 0.3) is 0 Å². The Morgan fingerprint density at radius 3 is 2.56 bits per heavy atom. The van der Waals surface area contributed by atoms with Gasteiger partial charge in [-0.3, -0.25) is 0 Å². The minimum Gasteiger partial charge on any atom is -0.542 e. The minimum atomic E-state index is -0.198. The molecule has 0 saturated heterocycles. The number of nitrogens with zero attached hydrogens (tertiary/aromatic N) is 1. The monoisotopic (exact) mass is 471 g/mol. The molecule has 1 aromatic carbocycles. The Kier molecular flexibility index (Phi) is 8.60. The first-order valence-electron chi connectivity index (χ1n) is 5.75. The molecule has 18 heavy (non-hydrogen) atoms. The summed E-state index contributed by atoms with van der Waals surface area (Å²) in [6.45, 7) is 5.40. The van der Waals surface area contributed by atoms with E-state index < -0.39 is 0 Å². The Labute approximate surface area is 133 Å². The summed E-state index contributed by atoms with van der Waals surface area (Å²) in [7, 11) is 1.64. The van der Waals surface area contributed by atoms with Crippen LogP contribution in [0.15, 0.2) is 24.3 Å². The molecule has 0 radical (unpaired) electrons. The van der Waals surface area contributed by atoms with Crippen LogP contribution in [0.2, 0.25) is 0 Å². The number of fused-ring (bicyclic) bond motifs is 1. The second kappa shape index (κ2) is 8.74. The van der Waals surface area contributed by atoms with Crippen molar-refractivity contribution < 1.29 is 41.0 Å². The fourth-order valence-corrected chi connectivity index (χ4v) is 1.62. The van der Waals surface area contributed by atoms with Gasteiger partial charge in [0, 0.05) is 0 Å². The summed E-state index contributed by atoms with van der Waals surface area (Å²) in [5.41, 5.74) is 2.44. The topological polar surface area (TPSA) is 40.5 Å². The molecule has 2 atom stereocenters. The van der Waals surface area contributed by atoms with E-state index in [1.54, 1.807) is 13.5 Å². The van der Waals surface area contributed by atoms with Crippen LogP contribution < -0.4 is 0 Å². The number of hydrogen-bond donors (Lipinski definition) is 1. The second-order valence-electron chi connectivity index (χ2n) is 4.30. The normalized spacial score (nSPS) is 17.7. The molecule has 3 nitrogen and oxygen atoms in total. The van der Waals surface area contributed by atoms with E-state index in [9.17, 15) is 9.90 Å². The predicted molar refractivity (Wildman–Crippen MR) is 68.0 cm³/mol. The maximum absolute atomic E-state index is 9.71. The van der Waals surface area contributed by atoms with Gasteiger partial charge in [0.2, 0.25) is 0 Å². The molecule has 96 valence electrons. The van der Waals surface area contributed by atoms with E-state index in [-0.39, 0.29) is 43.3 Å². The molecule has 0 fully saturated rings. The van der Waals surface area contributed by atoms with Gasteiger partial charge in [0.1, 0.15) is 0 Å². The summed E-state index contributed by atoms with van der Waals surface area (Å²) < 4.78 is 0. The van der Waals surface area contributed by atoms with Crippen LogP contribution in [0, 0.1) is 38.0 Å². The van der Waals surface area contributed by atoms with E-state index >= 15 is 0 Å². The van der Waals surface area contributed by atoms with Gasteiger partial charge in [-0.15, -0.1) is 6.04 Å². The Morgan fingerprint density at radius 1 is 1.50 bits per heavy atom. The van der Waals surface area contributed by atoms with Crippen molar-refractivity contribution >= 4 is 6.41 Å². The summed E-state index contributed by atoms with van der Waals surface area (Å²) in [4.78, 5) is 11.1. The van der Waals surface area contributed by atoms with Gasteiger partial charge in [-0.1, -0.05) is 31.2 Å². The average molecular weight is 471 g/mol. The zero-order chi connectivity index (χ0) is 12.8. The van der Waals surface area contributed by atoms with Crippen LogP contribution in [-0.2, 0) is 11.2 Å². The van der Waals surface area contributed by atoms with Crippen LogP contribution >= 0.6 is 0 Å². The van der Waals surface area contributed by atoms with Gasteiger partial charge in [0.25, 0.3) is 0 Å². The van der Waals surface area contributed by atoms with Crippen LogP contribution in [0.5, 0.6) is 0 Å². The van der Waals surface area contributed by atoms with Crippen LogP contribution in [0.1, 0.15) is 30.6 Å². The Morgan fingerprint density at radius 2 is 2.11 bits per heavy atom. The number of carbonyl (C=O) groups excluding carboxylic acids is 1. The fourth-order valence-electron chi connectivity index (χ4n) is 1.62. The molecule has 1 aliphatic rings. The van der Waals surface area contributed by atoms with Crippen molar-refractivity contribution in [1.29, 1.82) is 0 Å². The maximum atomic E-state index is 9.71. The molecule has 4 heteroatoms. The molecule has 1 aliphatic carbocycles. The third-order valence-corrected chi connectivity index (χ3v) is 2.91. The van der Waals surface area contributed by atoms with Gasteiger partial charge < -0.3 is 21.7 Å². The van der Waals surface area contributed by atoms with Crippen molar-refractivity contribution in [3.63, 3.8) is 0 Å². The van der Waals surface area contributed by atoms with Crippen molar-refractivity contribution in [2.45, 2.75) is 31.9 Å². The SMILES string of the molecule is OC1CCc2ccccc21.[CH2-][C@H](C)N(C)[C-]=O.[U+2]. The van der Waals surface area contributed by atoms with E-state index in [1.165, 1.54) is 10.5 Å². The molecule has 1 aromatic rings. The quantitative estimate of drug-likeness (QED) is 0.529. The molecule has 0 heterocycles. The summed E-state index contributed by atoms with van der Waals surface area (Å²) in [5, 5.41) is 9.38. The van der Waals surface area contributed by atoms with E-state index in [2.05, 4.69) is 13.0 Å². The smallest absolute Gasteiger partial charge is 0.542 e. The summed E-state index contributed by atoms with van der Waals surface area (Å²) in [6.07, 6.45) is 3.43. The zero-order valence-corrected chi connectivity index (χ0v) is 15.1. The molecule has 1 amide bonds. The molecule has 0 saturated carbocycles. The van der Waals surface area contributed by atoms with E-state index in [4.69, 9.17) is 0 Å². The Balaban J connectivity index is 0.000000326. The van der Waals surface area contributed by atoms with Crippen LogP contribution in [0.4, 0.5) is 0 Å². The Bertz CT molecular complexity index is 369. The van der Waals surface area contributed by atoms with Crippen molar-refractivity contribution in [2.24, 2.45) is 0 Å². The summed E-state index contributed by atoms with van der Waals surface area (Å²) in [5.74, 6) is 0. The minimum absolute atomic E-state index is 0. The van der Waals surface area contributed by atoms with Gasteiger partial charge in [-0.25, -0.2) is 0 Å². The second-order valence-corrected chi connectivity index (χ2v) is 4.30. The van der Waals surface area contributed by atoms with Crippen molar-refractivity contribution in [1.82, 2.24) is 4.90 Å². The van der Waals surface area contributed by atoms with Gasteiger partial charge in [-0.05, 0) is 31.0 Å². The average Bonchev–Trinajstić information content (AvgIpc) is 2.71. The van der Waals surface area contributed by atoms with Gasteiger partial charge in [-0.2, -0.15) is 6.41 Å². The first kappa shape index (κ1) is 17.7. The molecule has 2 rings (SSSR count). The molecular weight excluding hydrogens is 452 g/mol. The maximum Gasteiger partial charge on any atom is 2.00 e. The molecule has 0 spiro atoms. The van der Waals surface area contributed by atoms with Crippen molar-refractivity contribution in [2.75, 3.05) is 7.05 Å². The number of aryl methyl sites for hydroxylation is 1. The third kappa shape index (κ3) is 5.14. The molecule has 0 aromatic heterocycles. The van der Waals surface area contributed by atoms with Crippen molar-refractivity contribution in [3.05, 3.63) is 42.3 Å². The van der Waals surface area contributed by atoms with Crippen LogP contribution in [-0.4, -0.2) is 29.5 Å². The zero-order valence-electron chi connectivity index (χ0n) is 10.9. The third-order valence-electron chi connectivity index (χ3n) is 2.91. The van der Waals surface area contributed by atoms with E-state index in [1.807, 2.05) is 25.1 Å². The predicted octanol–water partition coefficient (Wildman–Crippen LogP) is 1.87. The number of amides is 1. The summed E-state index contributed by atoms with van der Waals surface area (Å²) >= 11 is 0. The largest absolute Gasteiger partial charge is 2.00 e. The number of hydrogen-bond acceptors (Lipinski definition) is 2. The van der Waals surface area contributed by atoms with Crippen molar-refractivity contribution in [3.8, 4) is 0 Å². The van der Waals surface area contributed by atoms with Crippen LogP contribution in [0.3, 0.4) is 0 Å². The first-order chi connectivity index (χ1) is 8.06. The molecule has 1 unspecified atom stereocenters. The molecule has 0 bridgehead atoms. The molecular formula is C14H19NO2U. The fraction of sp³-hybridized carbons (Fsp3) is 0.429. The van der Waals surface area contributed by atoms with E-state index in [0.717, 1.165) is 18.4 Å².